The lowest BCUT2D eigenvalue weighted by molar-refractivity contribution is 1.07. The summed E-state index contributed by atoms with van der Waals surface area (Å²) in [5.41, 5.74) is 16.3. The maximum Gasteiger partial charge on any atom is 0.164 e. The molecule has 0 aliphatic rings. The van der Waals surface area contributed by atoms with Crippen LogP contribution in [0.25, 0.3) is 121 Å². The molecular formula is C62H40N4S. The molecule has 0 atom stereocenters. The smallest absolute Gasteiger partial charge is 0.164 e. The predicted molar refractivity (Wildman–Crippen MR) is 279 cm³/mol. The van der Waals surface area contributed by atoms with Crippen LogP contribution in [0.5, 0.6) is 0 Å². The molecule has 0 amide bonds. The van der Waals surface area contributed by atoms with E-state index in [0.29, 0.717) is 17.5 Å². The van der Waals surface area contributed by atoms with Crippen molar-refractivity contribution < 1.29 is 0 Å². The van der Waals surface area contributed by atoms with E-state index in [1.807, 2.05) is 72.0 Å². The van der Waals surface area contributed by atoms with Crippen molar-refractivity contribution in [1.29, 1.82) is 0 Å². The Morgan fingerprint density at radius 1 is 0.269 bits per heavy atom. The van der Waals surface area contributed by atoms with Crippen LogP contribution in [0.3, 0.4) is 0 Å². The van der Waals surface area contributed by atoms with E-state index in [2.05, 4.69) is 182 Å². The number of thiophene rings is 1. The van der Waals surface area contributed by atoms with Crippen molar-refractivity contribution >= 4 is 32.3 Å². The number of hydrogen-bond donors (Lipinski definition) is 0. The van der Waals surface area contributed by atoms with E-state index in [0.717, 1.165) is 66.5 Å². The topological polar surface area (TPSA) is 51.6 Å². The van der Waals surface area contributed by atoms with Crippen LogP contribution >= 0.6 is 11.3 Å². The molecular weight excluding hydrogens is 833 g/mol. The minimum atomic E-state index is 0.635. The largest absolute Gasteiger partial charge is 0.247 e. The van der Waals surface area contributed by atoms with Crippen LogP contribution in [-0.4, -0.2) is 19.9 Å². The van der Waals surface area contributed by atoms with Crippen LogP contribution in [0.2, 0.25) is 0 Å². The second kappa shape index (κ2) is 17.4. The van der Waals surface area contributed by atoms with Gasteiger partial charge in [-0.15, -0.1) is 11.3 Å². The summed E-state index contributed by atoms with van der Waals surface area (Å²) >= 11 is 1.85. The average molecular weight is 873 g/mol. The van der Waals surface area contributed by atoms with Crippen molar-refractivity contribution in [2.24, 2.45) is 0 Å². The molecule has 0 bridgehead atoms. The van der Waals surface area contributed by atoms with Gasteiger partial charge >= 0.3 is 0 Å². The minimum Gasteiger partial charge on any atom is -0.247 e. The highest BCUT2D eigenvalue weighted by Crippen LogP contribution is 2.51. The highest BCUT2D eigenvalue weighted by atomic mass is 32.1. The number of fused-ring (bicyclic) bond motifs is 3. The fourth-order valence-corrected chi connectivity index (χ4v) is 10.4. The highest BCUT2D eigenvalue weighted by Gasteiger charge is 2.24. The second-order valence-electron chi connectivity index (χ2n) is 16.6. The van der Waals surface area contributed by atoms with Crippen molar-refractivity contribution in [3.63, 3.8) is 0 Å². The molecule has 0 radical (unpaired) electrons. The van der Waals surface area contributed by atoms with Crippen molar-refractivity contribution in [3.8, 4) is 100 Å². The zero-order chi connectivity index (χ0) is 44.5. The molecule has 4 nitrogen and oxygen atoms in total. The predicted octanol–water partition coefficient (Wildman–Crippen LogP) is 16.6. The Morgan fingerprint density at radius 3 is 1.12 bits per heavy atom. The van der Waals surface area contributed by atoms with Gasteiger partial charge in [-0.25, -0.2) is 19.9 Å². The maximum absolute atomic E-state index is 5.45. The molecule has 0 saturated carbocycles. The van der Waals surface area contributed by atoms with Crippen molar-refractivity contribution in [1.82, 2.24) is 19.9 Å². The Hall–Kier alpha value is -8.64. The quantitative estimate of drug-likeness (QED) is 0.145. The van der Waals surface area contributed by atoms with E-state index in [4.69, 9.17) is 19.9 Å². The molecule has 3 heterocycles. The highest BCUT2D eigenvalue weighted by molar-refractivity contribution is 7.24. The lowest BCUT2D eigenvalue weighted by Crippen LogP contribution is -2.00. The van der Waals surface area contributed by atoms with Crippen LogP contribution in [0.1, 0.15) is 0 Å². The number of aromatic nitrogens is 4. The number of hydrogen-bond acceptors (Lipinski definition) is 5. The summed E-state index contributed by atoms with van der Waals surface area (Å²) in [6.07, 6.45) is 0. The standard InChI is InChI=1S/C62H40N4S/c1-6-18-41(19-7-1)50-38-51(42-20-8-2-9-21-42)40-52(39-50)55-56-57(45-22-10-3-11-23-45)63-54-29-17-16-28-53(54)59(56)67-58(55)46-34-30-43(31-35-46)44-32-36-49(37-33-44)62-65-60(47-24-12-4-13-25-47)64-61(66-62)48-26-14-5-15-27-48/h1-40H. The molecule has 0 unspecified atom stereocenters. The molecule has 314 valence electrons. The molecule has 3 aromatic heterocycles. The maximum atomic E-state index is 5.45. The zero-order valence-corrected chi connectivity index (χ0v) is 37.1. The Bertz CT molecular complexity index is 3570. The van der Waals surface area contributed by atoms with Gasteiger partial charge in [-0.2, -0.15) is 0 Å². The number of pyridine rings is 1. The number of para-hydroxylation sites is 1. The first-order chi connectivity index (χ1) is 33.2. The van der Waals surface area contributed by atoms with E-state index in [9.17, 15) is 0 Å². The van der Waals surface area contributed by atoms with Crippen molar-refractivity contribution in [2.75, 3.05) is 0 Å². The van der Waals surface area contributed by atoms with Gasteiger partial charge in [0.1, 0.15) is 0 Å². The summed E-state index contributed by atoms with van der Waals surface area (Å²) in [4.78, 5) is 21.5. The van der Waals surface area contributed by atoms with Crippen LogP contribution in [0.4, 0.5) is 0 Å². The van der Waals surface area contributed by atoms with E-state index >= 15 is 0 Å². The summed E-state index contributed by atoms with van der Waals surface area (Å²) in [5.74, 6) is 1.93. The van der Waals surface area contributed by atoms with E-state index in [1.54, 1.807) is 0 Å². The summed E-state index contributed by atoms with van der Waals surface area (Å²) < 4.78 is 1.23. The van der Waals surface area contributed by atoms with E-state index < -0.39 is 0 Å². The molecule has 0 aliphatic carbocycles. The zero-order valence-electron chi connectivity index (χ0n) is 36.3. The van der Waals surface area contributed by atoms with Crippen LogP contribution in [0.15, 0.2) is 243 Å². The van der Waals surface area contributed by atoms with Gasteiger partial charge < -0.3 is 0 Å². The summed E-state index contributed by atoms with van der Waals surface area (Å²) in [5, 5.41) is 2.32. The third-order valence-electron chi connectivity index (χ3n) is 12.3. The molecule has 12 aromatic rings. The van der Waals surface area contributed by atoms with Crippen LogP contribution < -0.4 is 0 Å². The second-order valence-corrected chi connectivity index (χ2v) is 17.6. The lowest BCUT2D eigenvalue weighted by Gasteiger charge is -2.14. The number of rotatable bonds is 9. The van der Waals surface area contributed by atoms with Gasteiger partial charge in [-0.3, -0.25) is 0 Å². The molecule has 9 aromatic carbocycles. The van der Waals surface area contributed by atoms with Gasteiger partial charge in [0.15, 0.2) is 17.5 Å². The van der Waals surface area contributed by atoms with Crippen molar-refractivity contribution in [3.05, 3.63) is 243 Å². The molecule has 0 fully saturated rings. The first kappa shape index (κ1) is 39.9. The molecule has 67 heavy (non-hydrogen) atoms. The van der Waals surface area contributed by atoms with Gasteiger partial charge in [0, 0.05) is 48.2 Å². The fourth-order valence-electron chi connectivity index (χ4n) is 9.00. The minimum absolute atomic E-state index is 0.635. The Morgan fingerprint density at radius 2 is 0.627 bits per heavy atom. The van der Waals surface area contributed by atoms with Gasteiger partial charge in [-0.05, 0) is 68.8 Å². The number of nitrogens with zero attached hydrogens (tertiary/aromatic N) is 4. The first-order valence-electron chi connectivity index (χ1n) is 22.5. The normalized spacial score (nSPS) is 11.3. The van der Waals surface area contributed by atoms with E-state index in [1.165, 1.54) is 37.4 Å². The molecule has 0 N–H and O–H groups in total. The molecule has 0 saturated heterocycles. The van der Waals surface area contributed by atoms with Gasteiger partial charge in [0.05, 0.1) is 11.2 Å². The monoisotopic (exact) mass is 872 g/mol. The Kier molecular flexibility index (Phi) is 10.4. The molecule has 12 rings (SSSR count). The molecule has 0 spiro atoms. The summed E-state index contributed by atoms with van der Waals surface area (Å²) in [6, 6.07) is 85.4. The van der Waals surface area contributed by atoms with Crippen LogP contribution in [-0.2, 0) is 0 Å². The van der Waals surface area contributed by atoms with Gasteiger partial charge in [-0.1, -0.05) is 218 Å². The fraction of sp³-hybridized carbons (Fsp3) is 0. The Balaban J connectivity index is 1.00. The van der Waals surface area contributed by atoms with E-state index in [-0.39, 0.29) is 0 Å². The SMILES string of the molecule is c1ccc(-c2cc(-c3ccccc3)cc(-c3c(-c4ccc(-c5ccc(-c6nc(-c7ccccc7)nc(-c7ccccc7)n6)cc5)cc4)sc4c3c(-c3ccccc3)nc3ccccc34)c2)cc1. The van der Waals surface area contributed by atoms with Crippen LogP contribution in [0, 0.1) is 0 Å². The number of benzene rings is 9. The summed E-state index contributed by atoms with van der Waals surface area (Å²) in [7, 11) is 0. The molecule has 5 heteroatoms. The Labute approximate surface area is 393 Å². The lowest BCUT2D eigenvalue weighted by atomic mass is 9.90. The first-order valence-corrected chi connectivity index (χ1v) is 23.3. The average Bonchev–Trinajstić information content (AvgIpc) is 3.83. The third kappa shape index (κ3) is 7.78. The third-order valence-corrected chi connectivity index (χ3v) is 13.6. The van der Waals surface area contributed by atoms with Gasteiger partial charge in [0.25, 0.3) is 0 Å². The summed E-state index contributed by atoms with van der Waals surface area (Å²) in [6.45, 7) is 0. The van der Waals surface area contributed by atoms with Gasteiger partial charge in [0.2, 0.25) is 0 Å². The molecule has 0 aliphatic heterocycles. The van der Waals surface area contributed by atoms with Crippen molar-refractivity contribution in [2.45, 2.75) is 0 Å².